The minimum Gasteiger partial charge on any atom is -0.481 e. The number of amides is 1. The van der Waals surface area contributed by atoms with Crippen LogP contribution < -0.4 is 5.32 Å². The van der Waals surface area contributed by atoms with E-state index in [0.717, 1.165) is 5.56 Å². The first kappa shape index (κ1) is 14.1. The number of aliphatic carboxylic acids is 1. The average Bonchev–Trinajstić information content (AvgIpc) is 2.85. The van der Waals surface area contributed by atoms with Crippen LogP contribution in [-0.4, -0.2) is 22.0 Å². The van der Waals surface area contributed by atoms with Crippen LogP contribution in [0, 0.1) is 0 Å². The van der Waals surface area contributed by atoms with Crippen LogP contribution in [0.4, 0.5) is 5.69 Å². The van der Waals surface area contributed by atoms with Crippen molar-refractivity contribution < 1.29 is 14.7 Å². The molecular formula is C14H13ClN2O3. The fourth-order valence-corrected chi connectivity index (χ4v) is 1.87. The smallest absolute Gasteiger partial charge is 0.303 e. The lowest BCUT2D eigenvalue weighted by Gasteiger charge is -2.05. The van der Waals surface area contributed by atoms with Gasteiger partial charge < -0.3 is 15.4 Å². The van der Waals surface area contributed by atoms with E-state index in [2.05, 4.69) is 10.3 Å². The number of H-pyrrole nitrogens is 1. The van der Waals surface area contributed by atoms with Crippen molar-refractivity contribution in [2.75, 3.05) is 5.32 Å². The maximum Gasteiger partial charge on any atom is 0.303 e. The van der Waals surface area contributed by atoms with Crippen molar-refractivity contribution in [3.8, 4) is 0 Å². The number of halogens is 1. The predicted molar refractivity (Wildman–Crippen MR) is 76.2 cm³/mol. The lowest BCUT2D eigenvalue weighted by Crippen LogP contribution is -2.12. The third kappa shape index (κ3) is 3.86. The van der Waals surface area contributed by atoms with Crippen LogP contribution in [0.3, 0.4) is 0 Å². The standard InChI is InChI=1S/C14H13ClN2O3/c15-10-7-12(16-8-10)14(20)17-11-4-1-9(2-5-11)3-6-13(18)19/h1-2,4-5,7-8,16H,3,6H2,(H,17,20)(H,18,19). The molecule has 0 saturated carbocycles. The van der Waals surface area contributed by atoms with E-state index >= 15 is 0 Å². The fourth-order valence-electron chi connectivity index (χ4n) is 1.70. The fraction of sp³-hybridized carbons (Fsp3) is 0.143. The summed E-state index contributed by atoms with van der Waals surface area (Å²) in [7, 11) is 0. The van der Waals surface area contributed by atoms with Gasteiger partial charge in [-0.3, -0.25) is 9.59 Å². The third-order valence-electron chi connectivity index (χ3n) is 2.73. The molecule has 0 radical (unpaired) electrons. The molecule has 0 unspecified atom stereocenters. The van der Waals surface area contributed by atoms with E-state index in [1.807, 2.05) is 0 Å². The normalized spacial score (nSPS) is 10.2. The molecular weight excluding hydrogens is 280 g/mol. The Balaban J connectivity index is 1.96. The molecule has 0 spiro atoms. The van der Waals surface area contributed by atoms with Gasteiger partial charge in [0.05, 0.1) is 5.02 Å². The summed E-state index contributed by atoms with van der Waals surface area (Å²) in [4.78, 5) is 25.1. The molecule has 0 aliphatic heterocycles. The molecule has 0 bridgehead atoms. The van der Waals surface area contributed by atoms with Crippen molar-refractivity contribution in [3.05, 3.63) is 52.8 Å². The van der Waals surface area contributed by atoms with Crippen LogP contribution in [0.5, 0.6) is 0 Å². The number of hydrogen-bond donors (Lipinski definition) is 3. The Bertz CT molecular complexity index is 620. The Labute approximate surface area is 120 Å². The number of anilines is 1. The highest BCUT2D eigenvalue weighted by molar-refractivity contribution is 6.31. The van der Waals surface area contributed by atoms with E-state index in [1.165, 1.54) is 12.3 Å². The second kappa shape index (κ2) is 6.25. The SMILES string of the molecule is O=C(O)CCc1ccc(NC(=O)c2cc(Cl)c[nH]2)cc1. The lowest BCUT2D eigenvalue weighted by molar-refractivity contribution is -0.136. The van der Waals surface area contributed by atoms with Crippen LogP contribution in [0.25, 0.3) is 0 Å². The Kier molecular flexibility index (Phi) is 4.42. The van der Waals surface area contributed by atoms with E-state index < -0.39 is 5.97 Å². The van der Waals surface area contributed by atoms with Gasteiger partial charge in [-0.2, -0.15) is 0 Å². The van der Waals surface area contributed by atoms with E-state index in [9.17, 15) is 9.59 Å². The lowest BCUT2D eigenvalue weighted by atomic mass is 10.1. The number of nitrogens with one attached hydrogen (secondary N) is 2. The van der Waals surface area contributed by atoms with Gasteiger partial charge in [0, 0.05) is 18.3 Å². The van der Waals surface area contributed by atoms with E-state index in [1.54, 1.807) is 24.3 Å². The Morgan fingerprint density at radius 2 is 1.95 bits per heavy atom. The number of carbonyl (C=O) groups excluding carboxylic acids is 1. The van der Waals surface area contributed by atoms with Gasteiger partial charge in [0.1, 0.15) is 5.69 Å². The Morgan fingerprint density at radius 3 is 2.50 bits per heavy atom. The van der Waals surface area contributed by atoms with Crippen LogP contribution in [0.15, 0.2) is 36.5 Å². The van der Waals surface area contributed by atoms with Crippen molar-refractivity contribution in [2.45, 2.75) is 12.8 Å². The maximum atomic E-state index is 11.8. The molecule has 104 valence electrons. The molecule has 20 heavy (non-hydrogen) atoms. The maximum absolute atomic E-state index is 11.8. The quantitative estimate of drug-likeness (QED) is 0.792. The molecule has 0 aliphatic rings. The number of rotatable bonds is 5. The van der Waals surface area contributed by atoms with Crippen molar-refractivity contribution in [2.24, 2.45) is 0 Å². The second-order valence-electron chi connectivity index (χ2n) is 4.28. The first-order chi connectivity index (χ1) is 9.54. The summed E-state index contributed by atoms with van der Waals surface area (Å²) >= 11 is 5.73. The van der Waals surface area contributed by atoms with Gasteiger partial charge in [0.2, 0.25) is 0 Å². The van der Waals surface area contributed by atoms with Gasteiger partial charge in [-0.25, -0.2) is 0 Å². The molecule has 2 rings (SSSR count). The minimum absolute atomic E-state index is 0.0900. The minimum atomic E-state index is -0.828. The average molecular weight is 293 g/mol. The topological polar surface area (TPSA) is 82.2 Å². The van der Waals surface area contributed by atoms with Crippen LogP contribution in [0.1, 0.15) is 22.5 Å². The van der Waals surface area contributed by atoms with Crippen LogP contribution in [0.2, 0.25) is 5.02 Å². The van der Waals surface area contributed by atoms with Crippen molar-refractivity contribution in [1.29, 1.82) is 0 Å². The number of aromatic amines is 1. The van der Waals surface area contributed by atoms with Crippen LogP contribution in [-0.2, 0) is 11.2 Å². The molecule has 1 amide bonds. The highest BCUT2D eigenvalue weighted by Crippen LogP contribution is 2.14. The van der Waals surface area contributed by atoms with Gasteiger partial charge in [-0.1, -0.05) is 23.7 Å². The highest BCUT2D eigenvalue weighted by atomic mass is 35.5. The second-order valence-corrected chi connectivity index (χ2v) is 4.71. The summed E-state index contributed by atoms with van der Waals surface area (Å²) in [5.74, 6) is -1.11. The van der Waals surface area contributed by atoms with Gasteiger partial charge in [0.25, 0.3) is 5.91 Å². The summed E-state index contributed by atoms with van der Waals surface area (Å²) in [5.41, 5.74) is 1.93. The molecule has 0 atom stereocenters. The molecule has 5 nitrogen and oxygen atoms in total. The Morgan fingerprint density at radius 1 is 1.25 bits per heavy atom. The molecule has 1 heterocycles. The molecule has 2 aromatic rings. The van der Waals surface area contributed by atoms with E-state index in [0.29, 0.717) is 22.8 Å². The number of aromatic nitrogens is 1. The Hall–Kier alpha value is -2.27. The molecule has 1 aromatic carbocycles. The highest BCUT2D eigenvalue weighted by Gasteiger charge is 2.08. The van der Waals surface area contributed by atoms with Gasteiger partial charge in [0.15, 0.2) is 0 Å². The largest absolute Gasteiger partial charge is 0.481 e. The monoisotopic (exact) mass is 292 g/mol. The predicted octanol–water partition coefficient (Wildman–Crippen LogP) is 2.94. The van der Waals surface area contributed by atoms with Gasteiger partial charge in [-0.15, -0.1) is 0 Å². The number of hydrogen-bond acceptors (Lipinski definition) is 2. The van der Waals surface area contributed by atoms with Crippen molar-refractivity contribution >= 4 is 29.2 Å². The third-order valence-corrected chi connectivity index (χ3v) is 2.95. The van der Waals surface area contributed by atoms with E-state index in [-0.39, 0.29) is 12.3 Å². The summed E-state index contributed by atoms with van der Waals surface area (Å²) in [6.45, 7) is 0. The van der Waals surface area contributed by atoms with Gasteiger partial charge >= 0.3 is 5.97 Å². The first-order valence-corrected chi connectivity index (χ1v) is 6.38. The molecule has 0 saturated heterocycles. The molecule has 0 fully saturated rings. The molecule has 0 aliphatic carbocycles. The number of carbonyl (C=O) groups is 2. The molecule has 3 N–H and O–H groups in total. The summed E-state index contributed by atoms with van der Waals surface area (Å²) < 4.78 is 0. The van der Waals surface area contributed by atoms with E-state index in [4.69, 9.17) is 16.7 Å². The summed E-state index contributed by atoms with van der Waals surface area (Å²) in [5, 5.41) is 11.8. The number of aryl methyl sites for hydroxylation is 1. The number of carboxylic acid groups (broad SMARTS) is 1. The zero-order chi connectivity index (χ0) is 14.5. The number of benzene rings is 1. The zero-order valence-electron chi connectivity index (χ0n) is 10.5. The number of carboxylic acids is 1. The van der Waals surface area contributed by atoms with Crippen molar-refractivity contribution in [1.82, 2.24) is 4.98 Å². The summed E-state index contributed by atoms with van der Waals surface area (Å²) in [6.07, 6.45) is 2.09. The van der Waals surface area contributed by atoms with Gasteiger partial charge in [-0.05, 0) is 30.2 Å². The van der Waals surface area contributed by atoms with Crippen molar-refractivity contribution in [3.63, 3.8) is 0 Å². The first-order valence-electron chi connectivity index (χ1n) is 6.00. The summed E-state index contributed by atoms with van der Waals surface area (Å²) in [6, 6.07) is 8.60. The van der Waals surface area contributed by atoms with Crippen LogP contribution >= 0.6 is 11.6 Å². The molecule has 6 heteroatoms. The molecule has 1 aromatic heterocycles. The zero-order valence-corrected chi connectivity index (χ0v) is 11.3.